The van der Waals surface area contributed by atoms with Crippen molar-refractivity contribution in [2.45, 2.75) is 26.9 Å². The maximum absolute atomic E-state index is 5.70. The average molecular weight is 232 g/mol. The van der Waals surface area contributed by atoms with Crippen LogP contribution in [0.15, 0.2) is 24.7 Å². The second kappa shape index (κ2) is 4.97. The van der Waals surface area contributed by atoms with E-state index >= 15 is 0 Å². The number of nitrogens with two attached hydrogens (primary N) is 1. The summed E-state index contributed by atoms with van der Waals surface area (Å²) in [6, 6.07) is 1.92. The Morgan fingerprint density at radius 2 is 2.29 bits per heavy atom. The predicted molar refractivity (Wildman–Crippen MR) is 64.8 cm³/mol. The Morgan fingerprint density at radius 3 is 2.94 bits per heavy atom. The molecule has 2 aromatic rings. The Bertz CT molecular complexity index is 507. The van der Waals surface area contributed by atoms with Crippen LogP contribution in [0, 0.1) is 6.92 Å². The number of rotatable bonds is 4. The van der Waals surface area contributed by atoms with Gasteiger partial charge in [-0.3, -0.25) is 4.68 Å². The van der Waals surface area contributed by atoms with Crippen molar-refractivity contribution in [1.82, 2.24) is 14.8 Å². The first-order valence-electron chi connectivity index (χ1n) is 5.59. The third-order valence-electron chi connectivity index (χ3n) is 2.60. The van der Waals surface area contributed by atoms with Gasteiger partial charge in [0, 0.05) is 24.8 Å². The molecule has 0 aliphatic carbocycles. The van der Waals surface area contributed by atoms with E-state index in [1.54, 1.807) is 17.1 Å². The lowest BCUT2D eigenvalue weighted by atomic mass is 10.1. The van der Waals surface area contributed by atoms with Crippen LogP contribution in [0.5, 0.6) is 11.6 Å². The predicted octanol–water partition coefficient (Wildman–Crippen LogP) is 1.86. The molecule has 5 nitrogen and oxygen atoms in total. The van der Waals surface area contributed by atoms with Crippen molar-refractivity contribution in [3.63, 3.8) is 0 Å². The normalized spacial score (nSPS) is 10.5. The van der Waals surface area contributed by atoms with Gasteiger partial charge in [0.15, 0.2) is 5.75 Å². The van der Waals surface area contributed by atoms with Crippen LogP contribution in [0.3, 0.4) is 0 Å². The average Bonchev–Trinajstić information content (AvgIpc) is 2.77. The van der Waals surface area contributed by atoms with Crippen LogP contribution in [0.1, 0.15) is 18.1 Å². The van der Waals surface area contributed by atoms with E-state index in [2.05, 4.69) is 10.1 Å². The first kappa shape index (κ1) is 11.6. The highest BCUT2D eigenvalue weighted by Gasteiger charge is 2.08. The first-order chi connectivity index (χ1) is 8.24. The van der Waals surface area contributed by atoms with Gasteiger partial charge in [0.1, 0.15) is 0 Å². The number of ether oxygens (including phenoxy) is 1. The Morgan fingerprint density at radius 1 is 1.47 bits per heavy atom. The zero-order chi connectivity index (χ0) is 12.3. The topological polar surface area (TPSA) is 66.0 Å². The van der Waals surface area contributed by atoms with Gasteiger partial charge in [-0.15, -0.1) is 0 Å². The van der Waals surface area contributed by atoms with Crippen LogP contribution >= 0.6 is 0 Å². The molecule has 2 aromatic heterocycles. The van der Waals surface area contributed by atoms with Gasteiger partial charge < -0.3 is 10.5 Å². The molecule has 5 heteroatoms. The summed E-state index contributed by atoms with van der Waals surface area (Å²) in [7, 11) is 0. The minimum atomic E-state index is 0.414. The molecule has 2 N–H and O–H groups in total. The molecular formula is C12H16N4O. The SMILES string of the molecule is CCn1cc(Oc2nccc(C)c2CN)cn1. The summed E-state index contributed by atoms with van der Waals surface area (Å²) in [6.45, 7) is 5.24. The maximum atomic E-state index is 5.70. The molecule has 2 rings (SSSR count). The lowest BCUT2D eigenvalue weighted by molar-refractivity contribution is 0.454. The van der Waals surface area contributed by atoms with Gasteiger partial charge in [0.05, 0.1) is 12.4 Å². The molecule has 0 atom stereocenters. The van der Waals surface area contributed by atoms with Crippen LogP contribution in [0.2, 0.25) is 0 Å². The molecule has 0 aliphatic heterocycles. The van der Waals surface area contributed by atoms with Crippen molar-refractivity contribution in [2.24, 2.45) is 5.73 Å². The smallest absolute Gasteiger partial charge is 0.224 e. The molecule has 0 amide bonds. The monoisotopic (exact) mass is 232 g/mol. The summed E-state index contributed by atoms with van der Waals surface area (Å²) in [6.07, 6.45) is 5.23. The summed E-state index contributed by atoms with van der Waals surface area (Å²) in [4.78, 5) is 4.20. The molecule has 0 unspecified atom stereocenters. The zero-order valence-corrected chi connectivity index (χ0v) is 10.1. The van der Waals surface area contributed by atoms with Crippen molar-refractivity contribution < 1.29 is 4.74 Å². The highest BCUT2D eigenvalue weighted by Crippen LogP contribution is 2.24. The van der Waals surface area contributed by atoms with Crippen LogP contribution in [0.4, 0.5) is 0 Å². The second-order valence-electron chi connectivity index (χ2n) is 3.75. The standard InChI is InChI=1S/C12H16N4O/c1-3-16-8-10(7-15-16)17-12-11(6-13)9(2)4-5-14-12/h4-5,7-8H,3,6,13H2,1-2H3. The fourth-order valence-electron chi connectivity index (χ4n) is 1.58. The van der Waals surface area contributed by atoms with Crippen molar-refractivity contribution in [3.8, 4) is 11.6 Å². The zero-order valence-electron chi connectivity index (χ0n) is 10.1. The fraction of sp³-hybridized carbons (Fsp3) is 0.333. The van der Waals surface area contributed by atoms with Crippen LogP contribution in [0.25, 0.3) is 0 Å². The second-order valence-corrected chi connectivity index (χ2v) is 3.75. The largest absolute Gasteiger partial charge is 0.435 e. The van der Waals surface area contributed by atoms with E-state index in [1.807, 2.05) is 26.1 Å². The maximum Gasteiger partial charge on any atom is 0.224 e. The van der Waals surface area contributed by atoms with E-state index in [0.29, 0.717) is 18.2 Å². The fourth-order valence-corrected chi connectivity index (χ4v) is 1.58. The minimum absolute atomic E-state index is 0.414. The number of aromatic nitrogens is 3. The van der Waals surface area contributed by atoms with Crippen LogP contribution < -0.4 is 10.5 Å². The molecule has 0 bridgehead atoms. The molecule has 0 saturated carbocycles. The number of pyridine rings is 1. The molecular weight excluding hydrogens is 216 g/mol. The lowest BCUT2D eigenvalue weighted by Crippen LogP contribution is -2.03. The third kappa shape index (κ3) is 2.45. The molecule has 0 saturated heterocycles. The Balaban J connectivity index is 2.26. The summed E-state index contributed by atoms with van der Waals surface area (Å²) in [5, 5.41) is 4.14. The molecule has 0 fully saturated rings. The van der Waals surface area contributed by atoms with E-state index < -0.39 is 0 Å². The number of nitrogens with zero attached hydrogens (tertiary/aromatic N) is 3. The van der Waals surface area contributed by atoms with Crippen molar-refractivity contribution in [2.75, 3.05) is 0 Å². The summed E-state index contributed by atoms with van der Waals surface area (Å²) >= 11 is 0. The number of hydrogen-bond donors (Lipinski definition) is 1. The van der Waals surface area contributed by atoms with Crippen LogP contribution in [-0.2, 0) is 13.1 Å². The highest BCUT2D eigenvalue weighted by molar-refractivity contribution is 5.35. The third-order valence-corrected chi connectivity index (χ3v) is 2.60. The molecule has 0 radical (unpaired) electrons. The molecule has 2 heterocycles. The van der Waals surface area contributed by atoms with Gasteiger partial charge in [-0.25, -0.2) is 4.98 Å². The van der Waals surface area contributed by atoms with Crippen LogP contribution in [-0.4, -0.2) is 14.8 Å². The summed E-state index contributed by atoms with van der Waals surface area (Å²) < 4.78 is 7.49. The van der Waals surface area contributed by atoms with Crippen molar-refractivity contribution in [1.29, 1.82) is 0 Å². The summed E-state index contributed by atoms with van der Waals surface area (Å²) in [5.74, 6) is 1.24. The van der Waals surface area contributed by atoms with Gasteiger partial charge in [0.2, 0.25) is 5.88 Å². The number of aryl methyl sites for hydroxylation is 2. The molecule has 0 spiro atoms. The minimum Gasteiger partial charge on any atom is -0.435 e. The summed E-state index contributed by atoms with van der Waals surface area (Å²) in [5.41, 5.74) is 7.71. The molecule has 0 aliphatic rings. The number of hydrogen-bond acceptors (Lipinski definition) is 4. The molecule has 17 heavy (non-hydrogen) atoms. The van der Waals surface area contributed by atoms with E-state index in [9.17, 15) is 0 Å². The van der Waals surface area contributed by atoms with E-state index in [-0.39, 0.29) is 0 Å². The van der Waals surface area contributed by atoms with E-state index in [1.165, 1.54) is 0 Å². The van der Waals surface area contributed by atoms with E-state index in [4.69, 9.17) is 10.5 Å². The Kier molecular flexibility index (Phi) is 3.39. The van der Waals surface area contributed by atoms with Gasteiger partial charge in [-0.05, 0) is 25.5 Å². The lowest BCUT2D eigenvalue weighted by Gasteiger charge is -2.08. The van der Waals surface area contributed by atoms with E-state index in [0.717, 1.165) is 17.7 Å². The Hall–Kier alpha value is -1.88. The Labute approximate surface area is 100 Å². The highest BCUT2D eigenvalue weighted by atomic mass is 16.5. The molecule has 0 aromatic carbocycles. The van der Waals surface area contributed by atoms with Gasteiger partial charge >= 0.3 is 0 Å². The van der Waals surface area contributed by atoms with Crippen molar-refractivity contribution >= 4 is 0 Å². The van der Waals surface area contributed by atoms with Gasteiger partial charge in [0.25, 0.3) is 0 Å². The van der Waals surface area contributed by atoms with Gasteiger partial charge in [-0.1, -0.05) is 0 Å². The van der Waals surface area contributed by atoms with Crippen molar-refractivity contribution in [3.05, 3.63) is 35.8 Å². The molecule has 90 valence electrons. The van der Waals surface area contributed by atoms with Gasteiger partial charge in [-0.2, -0.15) is 5.10 Å². The quantitative estimate of drug-likeness (QED) is 0.873. The first-order valence-corrected chi connectivity index (χ1v) is 5.59.